The number of nitrogens with one attached hydrogen (secondary N) is 1. The molecule has 0 bridgehead atoms. The van der Waals surface area contributed by atoms with Crippen molar-refractivity contribution in [3.63, 3.8) is 0 Å². The smallest absolute Gasteiger partial charge is 0.265 e. The summed E-state index contributed by atoms with van der Waals surface area (Å²) < 4.78 is 24.4. The van der Waals surface area contributed by atoms with Gasteiger partial charge in [-0.05, 0) is 18.6 Å². The van der Waals surface area contributed by atoms with E-state index in [0.717, 1.165) is 5.56 Å². The summed E-state index contributed by atoms with van der Waals surface area (Å²) in [6.07, 6.45) is 0. The van der Waals surface area contributed by atoms with E-state index in [2.05, 4.69) is 0 Å². The lowest BCUT2D eigenvalue weighted by atomic mass is 10.1. The van der Waals surface area contributed by atoms with E-state index in [0.29, 0.717) is 11.1 Å². The molecule has 0 spiro atoms. The Balaban J connectivity index is 2.62. The highest BCUT2D eigenvalue weighted by molar-refractivity contribution is 7.89. The molecule has 0 saturated carbocycles. The van der Waals surface area contributed by atoms with Crippen molar-refractivity contribution in [2.75, 3.05) is 0 Å². The van der Waals surface area contributed by atoms with Crippen LogP contribution in [0.3, 0.4) is 0 Å². The second kappa shape index (κ2) is 2.81. The largest absolute Gasteiger partial charge is 0.268 e. The summed E-state index contributed by atoms with van der Waals surface area (Å²) >= 11 is 0. The van der Waals surface area contributed by atoms with E-state index < -0.39 is 15.9 Å². The number of amides is 1. The molecule has 0 unspecified atom stereocenters. The van der Waals surface area contributed by atoms with Crippen LogP contribution in [-0.2, 0) is 15.8 Å². The minimum absolute atomic E-state index is 0.115. The van der Waals surface area contributed by atoms with Crippen LogP contribution in [0.5, 0.6) is 0 Å². The van der Waals surface area contributed by atoms with Gasteiger partial charge in [0.15, 0.2) is 0 Å². The molecule has 1 aliphatic heterocycles. The van der Waals surface area contributed by atoms with Crippen molar-refractivity contribution in [2.24, 2.45) is 0 Å². The predicted molar refractivity (Wildman–Crippen MR) is 51.3 cm³/mol. The monoisotopic (exact) mass is 211 g/mol. The molecule has 0 atom stereocenters. The number of rotatable bonds is 0. The molecule has 0 aliphatic carbocycles. The lowest BCUT2D eigenvalue weighted by molar-refractivity contribution is 0.0978. The zero-order valence-corrected chi connectivity index (χ0v) is 8.39. The Bertz CT molecular complexity index is 505. The van der Waals surface area contributed by atoms with Crippen LogP contribution in [0.1, 0.15) is 21.5 Å². The Labute approximate surface area is 82.0 Å². The van der Waals surface area contributed by atoms with Gasteiger partial charge in [0.25, 0.3) is 5.91 Å². The molecule has 0 saturated heterocycles. The Morgan fingerprint density at radius 1 is 1.36 bits per heavy atom. The first kappa shape index (κ1) is 9.21. The fraction of sp³-hybridized carbons (Fsp3) is 0.222. The van der Waals surface area contributed by atoms with Crippen molar-refractivity contribution in [2.45, 2.75) is 12.7 Å². The van der Waals surface area contributed by atoms with Gasteiger partial charge in [0.1, 0.15) is 0 Å². The van der Waals surface area contributed by atoms with Gasteiger partial charge < -0.3 is 0 Å². The van der Waals surface area contributed by atoms with Gasteiger partial charge in [0.2, 0.25) is 10.0 Å². The van der Waals surface area contributed by atoms with Crippen LogP contribution in [0.4, 0.5) is 0 Å². The van der Waals surface area contributed by atoms with Gasteiger partial charge in [-0.15, -0.1) is 0 Å². The zero-order valence-electron chi connectivity index (χ0n) is 7.57. The van der Waals surface area contributed by atoms with Gasteiger partial charge in [-0.2, -0.15) is 0 Å². The van der Waals surface area contributed by atoms with E-state index in [-0.39, 0.29) is 5.75 Å². The highest BCUT2D eigenvalue weighted by Gasteiger charge is 2.26. The number of aryl methyl sites for hydroxylation is 1. The molecule has 74 valence electrons. The second-order valence-corrected chi connectivity index (χ2v) is 5.07. The summed E-state index contributed by atoms with van der Waals surface area (Å²) in [7, 11) is -3.46. The summed E-state index contributed by atoms with van der Waals surface area (Å²) in [4.78, 5) is 11.3. The van der Waals surface area contributed by atoms with Gasteiger partial charge in [-0.3, -0.25) is 4.79 Å². The van der Waals surface area contributed by atoms with E-state index in [9.17, 15) is 13.2 Å². The van der Waals surface area contributed by atoms with Crippen LogP contribution >= 0.6 is 0 Å². The molecular formula is C9H9NO3S. The van der Waals surface area contributed by atoms with Gasteiger partial charge in [0.05, 0.1) is 5.75 Å². The van der Waals surface area contributed by atoms with Crippen LogP contribution in [0, 0.1) is 6.92 Å². The van der Waals surface area contributed by atoms with Crippen LogP contribution in [0.15, 0.2) is 18.2 Å². The van der Waals surface area contributed by atoms with Gasteiger partial charge in [-0.25, -0.2) is 13.1 Å². The third kappa shape index (κ3) is 1.50. The fourth-order valence-corrected chi connectivity index (χ4v) is 2.61. The van der Waals surface area contributed by atoms with Crippen molar-refractivity contribution in [3.8, 4) is 0 Å². The van der Waals surface area contributed by atoms with Crippen LogP contribution in [0.25, 0.3) is 0 Å². The normalized spacial score (nSPS) is 18.5. The van der Waals surface area contributed by atoms with Gasteiger partial charge >= 0.3 is 0 Å². The van der Waals surface area contributed by atoms with Crippen LogP contribution in [-0.4, -0.2) is 14.3 Å². The summed E-state index contributed by atoms with van der Waals surface area (Å²) in [6.45, 7) is 1.86. The second-order valence-electron chi connectivity index (χ2n) is 3.35. The highest BCUT2D eigenvalue weighted by Crippen LogP contribution is 2.18. The summed E-state index contributed by atoms with van der Waals surface area (Å²) in [6, 6.07) is 5.16. The number of hydrogen-bond acceptors (Lipinski definition) is 3. The number of hydrogen-bond donors (Lipinski definition) is 1. The summed E-state index contributed by atoms with van der Waals surface area (Å²) in [5.41, 5.74) is 1.98. The molecule has 14 heavy (non-hydrogen) atoms. The summed E-state index contributed by atoms with van der Waals surface area (Å²) in [5, 5.41) is 0. The maximum Gasteiger partial charge on any atom is 0.265 e. The number of sulfonamides is 1. The third-order valence-corrected chi connectivity index (χ3v) is 3.29. The van der Waals surface area contributed by atoms with Crippen molar-refractivity contribution >= 4 is 15.9 Å². The first-order chi connectivity index (χ1) is 6.48. The molecule has 1 amide bonds. The first-order valence-corrected chi connectivity index (χ1v) is 5.77. The van der Waals surface area contributed by atoms with Crippen molar-refractivity contribution in [1.29, 1.82) is 0 Å². The fourth-order valence-electron chi connectivity index (χ4n) is 1.50. The molecule has 0 radical (unpaired) electrons. The predicted octanol–water partition coefficient (Wildman–Crippen LogP) is 0.568. The number of carbonyl (C=O) groups excluding carboxylic acids is 1. The zero-order chi connectivity index (χ0) is 10.3. The summed E-state index contributed by atoms with van der Waals surface area (Å²) in [5.74, 6) is -0.651. The average molecular weight is 211 g/mol. The van der Waals surface area contributed by atoms with E-state index >= 15 is 0 Å². The molecule has 0 aromatic heterocycles. The number of fused-ring (bicyclic) bond motifs is 1. The maximum atomic E-state index is 11.3. The molecule has 0 fully saturated rings. The molecule has 1 heterocycles. The molecule has 4 nitrogen and oxygen atoms in total. The Morgan fingerprint density at radius 2 is 2.07 bits per heavy atom. The molecule has 1 aliphatic rings. The maximum absolute atomic E-state index is 11.3. The molecule has 1 aromatic rings. The molecule has 1 aromatic carbocycles. The molecule has 2 rings (SSSR count). The van der Waals surface area contributed by atoms with E-state index in [1.165, 1.54) is 0 Å². The SMILES string of the molecule is Cc1ccc2c(c1)CS(=O)(=O)NC2=O. The minimum atomic E-state index is -3.46. The van der Waals surface area contributed by atoms with Gasteiger partial charge in [0, 0.05) is 5.56 Å². The minimum Gasteiger partial charge on any atom is -0.268 e. The molecule has 1 N–H and O–H groups in total. The van der Waals surface area contributed by atoms with Gasteiger partial charge in [-0.1, -0.05) is 17.7 Å². The third-order valence-electron chi connectivity index (χ3n) is 2.10. The standard InChI is InChI=1S/C9H9NO3S/c1-6-2-3-8-7(4-6)5-14(12,13)10-9(8)11/h2-4H,5H2,1H3,(H,10,11). The van der Waals surface area contributed by atoms with E-state index in [4.69, 9.17) is 0 Å². The Hall–Kier alpha value is -1.36. The quantitative estimate of drug-likeness (QED) is 0.682. The van der Waals surface area contributed by atoms with E-state index in [1.54, 1.807) is 18.2 Å². The van der Waals surface area contributed by atoms with Crippen molar-refractivity contribution in [3.05, 3.63) is 34.9 Å². The van der Waals surface area contributed by atoms with Crippen LogP contribution < -0.4 is 4.72 Å². The first-order valence-electron chi connectivity index (χ1n) is 4.12. The van der Waals surface area contributed by atoms with E-state index in [1.807, 2.05) is 11.6 Å². The lowest BCUT2D eigenvalue weighted by Crippen LogP contribution is -2.36. The number of benzene rings is 1. The van der Waals surface area contributed by atoms with Crippen molar-refractivity contribution < 1.29 is 13.2 Å². The van der Waals surface area contributed by atoms with Crippen molar-refractivity contribution in [1.82, 2.24) is 4.72 Å². The lowest BCUT2D eigenvalue weighted by Gasteiger charge is -2.16. The Kier molecular flexibility index (Phi) is 1.85. The molecule has 5 heteroatoms. The average Bonchev–Trinajstić information content (AvgIpc) is 2.00. The molecular weight excluding hydrogens is 202 g/mol. The van der Waals surface area contributed by atoms with Crippen LogP contribution in [0.2, 0.25) is 0 Å². The highest BCUT2D eigenvalue weighted by atomic mass is 32.2. The Morgan fingerprint density at radius 3 is 2.79 bits per heavy atom. The topological polar surface area (TPSA) is 63.2 Å². The number of carbonyl (C=O) groups is 1.